The van der Waals surface area contributed by atoms with Crippen LogP contribution in [0.5, 0.6) is 0 Å². The molecule has 0 aliphatic rings. The second-order valence-electron chi connectivity index (χ2n) is 4.58. The lowest BCUT2D eigenvalue weighted by molar-refractivity contribution is 0.586. The van der Waals surface area contributed by atoms with Crippen molar-refractivity contribution in [3.8, 4) is 6.07 Å². The third-order valence-electron chi connectivity index (χ3n) is 2.94. The van der Waals surface area contributed by atoms with Gasteiger partial charge in [0.2, 0.25) is 0 Å². The van der Waals surface area contributed by atoms with Gasteiger partial charge in [0.15, 0.2) is 5.11 Å². The van der Waals surface area contributed by atoms with Crippen molar-refractivity contribution in [2.45, 2.75) is 6.92 Å². The predicted octanol–water partition coefficient (Wildman–Crippen LogP) is 3.55. The number of nitriles is 1. The van der Waals surface area contributed by atoms with Crippen molar-refractivity contribution < 1.29 is 8.78 Å². The minimum absolute atomic E-state index is 0.0510. The summed E-state index contributed by atoms with van der Waals surface area (Å²) < 4.78 is 26.3. The van der Waals surface area contributed by atoms with Crippen LogP contribution in [-0.4, -0.2) is 10.8 Å². The highest BCUT2D eigenvalue weighted by atomic mass is 32.1. The van der Waals surface area contributed by atoms with Crippen LogP contribution in [0.4, 0.5) is 14.5 Å². The average molecular weight is 330 g/mol. The summed E-state index contributed by atoms with van der Waals surface area (Å²) in [6.07, 6.45) is 0. The minimum atomic E-state index is -0.748. The third kappa shape index (κ3) is 4.56. The normalized spacial score (nSPS) is 10.8. The Morgan fingerprint density at radius 1 is 1.17 bits per heavy atom. The van der Waals surface area contributed by atoms with E-state index < -0.39 is 11.6 Å². The summed E-state index contributed by atoms with van der Waals surface area (Å²) >= 11 is 5.00. The molecule has 23 heavy (non-hydrogen) atoms. The fraction of sp³-hybridized carbons (Fsp3) is 0.0625. The second-order valence-corrected chi connectivity index (χ2v) is 4.98. The van der Waals surface area contributed by atoms with Gasteiger partial charge >= 0.3 is 0 Å². The standard InChI is InChI=1S/C16H12F2N4S/c1-10(12-4-2-11(9-19)3-5-12)21-22-16(23)20-15-7-6-13(17)8-14(15)18/h2-8H,1H3,(H2,20,22,23). The van der Waals surface area contributed by atoms with Gasteiger partial charge in [-0.1, -0.05) is 12.1 Å². The molecule has 7 heteroatoms. The Morgan fingerprint density at radius 2 is 1.87 bits per heavy atom. The maximum Gasteiger partial charge on any atom is 0.191 e. The first-order chi connectivity index (χ1) is 11.0. The van der Waals surface area contributed by atoms with Gasteiger partial charge in [0, 0.05) is 6.07 Å². The zero-order valence-corrected chi connectivity index (χ0v) is 12.9. The summed E-state index contributed by atoms with van der Waals surface area (Å²) in [5.74, 6) is -1.41. The van der Waals surface area contributed by atoms with Crippen LogP contribution in [0, 0.1) is 23.0 Å². The topological polar surface area (TPSA) is 60.2 Å². The molecular formula is C16H12F2N4S. The van der Waals surface area contributed by atoms with Gasteiger partial charge in [-0.25, -0.2) is 8.78 Å². The highest BCUT2D eigenvalue weighted by Crippen LogP contribution is 2.14. The number of anilines is 1. The predicted molar refractivity (Wildman–Crippen MR) is 89.1 cm³/mol. The van der Waals surface area contributed by atoms with Gasteiger partial charge in [-0.3, -0.25) is 5.43 Å². The molecule has 2 aromatic carbocycles. The molecule has 116 valence electrons. The van der Waals surface area contributed by atoms with Crippen LogP contribution in [-0.2, 0) is 0 Å². The van der Waals surface area contributed by atoms with Gasteiger partial charge in [0.25, 0.3) is 0 Å². The van der Waals surface area contributed by atoms with E-state index in [1.165, 1.54) is 6.07 Å². The van der Waals surface area contributed by atoms with Crippen LogP contribution in [0.3, 0.4) is 0 Å². The lowest BCUT2D eigenvalue weighted by Crippen LogP contribution is -2.25. The second kappa shape index (κ2) is 7.42. The number of halogens is 2. The zero-order valence-electron chi connectivity index (χ0n) is 12.1. The molecule has 0 spiro atoms. The molecule has 0 aliphatic heterocycles. The third-order valence-corrected chi connectivity index (χ3v) is 3.13. The first-order valence-electron chi connectivity index (χ1n) is 6.56. The van der Waals surface area contributed by atoms with E-state index >= 15 is 0 Å². The van der Waals surface area contributed by atoms with Gasteiger partial charge in [-0.2, -0.15) is 10.4 Å². The van der Waals surface area contributed by atoms with Crippen molar-refractivity contribution in [1.29, 1.82) is 5.26 Å². The van der Waals surface area contributed by atoms with Crippen molar-refractivity contribution in [2.24, 2.45) is 5.10 Å². The van der Waals surface area contributed by atoms with E-state index in [4.69, 9.17) is 17.5 Å². The molecule has 2 N–H and O–H groups in total. The number of hydrogen-bond donors (Lipinski definition) is 2. The fourth-order valence-corrected chi connectivity index (χ4v) is 1.88. The summed E-state index contributed by atoms with van der Waals surface area (Å²) in [7, 11) is 0. The maximum atomic E-state index is 13.5. The van der Waals surface area contributed by atoms with E-state index in [0.29, 0.717) is 11.3 Å². The highest BCUT2D eigenvalue weighted by molar-refractivity contribution is 7.80. The number of hydrogen-bond acceptors (Lipinski definition) is 3. The smallest absolute Gasteiger partial charge is 0.191 e. The number of benzene rings is 2. The van der Waals surface area contributed by atoms with Crippen molar-refractivity contribution in [3.63, 3.8) is 0 Å². The van der Waals surface area contributed by atoms with Gasteiger partial charge in [0.1, 0.15) is 11.6 Å². The number of nitrogens with zero attached hydrogens (tertiary/aromatic N) is 2. The Hall–Kier alpha value is -2.85. The maximum absolute atomic E-state index is 13.5. The number of thiocarbonyl (C=S) groups is 1. The summed E-state index contributed by atoms with van der Waals surface area (Å²) in [4.78, 5) is 0. The molecule has 0 saturated heterocycles. The SMILES string of the molecule is CC(=NNC(=S)Nc1ccc(F)cc1F)c1ccc(C#N)cc1. The highest BCUT2D eigenvalue weighted by Gasteiger charge is 2.05. The Labute approximate surface area is 137 Å². The monoisotopic (exact) mass is 330 g/mol. The largest absolute Gasteiger partial charge is 0.329 e. The number of hydrazone groups is 1. The summed E-state index contributed by atoms with van der Waals surface area (Å²) in [6.45, 7) is 1.76. The summed E-state index contributed by atoms with van der Waals surface area (Å²) in [6, 6.07) is 12.0. The first-order valence-corrected chi connectivity index (χ1v) is 6.97. The fourth-order valence-electron chi connectivity index (χ4n) is 1.73. The van der Waals surface area contributed by atoms with Crippen LogP contribution < -0.4 is 10.7 Å². The van der Waals surface area contributed by atoms with Gasteiger partial charge in [-0.15, -0.1) is 0 Å². The summed E-state index contributed by atoms with van der Waals surface area (Å²) in [5, 5.41) is 15.5. The van der Waals surface area contributed by atoms with E-state index in [1.54, 1.807) is 31.2 Å². The molecule has 0 atom stereocenters. The van der Waals surface area contributed by atoms with Crippen LogP contribution in [0.2, 0.25) is 0 Å². The molecule has 0 fully saturated rings. The van der Waals surface area contributed by atoms with E-state index in [9.17, 15) is 8.78 Å². The number of rotatable bonds is 3. The summed E-state index contributed by atoms with van der Waals surface area (Å²) in [5.41, 5.74) is 4.64. The van der Waals surface area contributed by atoms with E-state index in [-0.39, 0.29) is 10.8 Å². The lowest BCUT2D eigenvalue weighted by Gasteiger charge is -2.09. The van der Waals surface area contributed by atoms with Gasteiger partial charge in [-0.05, 0) is 49.0 Å². The quantitative estimate of drug-likeness (QED) is 0.513. The molecule has 0 radical (unpaired) electrons. The Bertz CT molecular complexity index is 795. The Kier molecular flexibility index (Phi) is 5.33. The zero-order chi connectivity index (χ0) is 16.8. The molecule has 0 aliphatic carbocycles. The molecule has 0 unspecified atom stereocenters. The van der Waals surface area contributed by atoms with Gasteiger partial charge in [0.05, 0.1) is 23.0 Å². The molecule has 2 aromatic rings. The van der Waals surface area contributed by atoms with Crippen molar-refractivity contribution >= 4 is 28.7 Å². The average Bonchev–Trinajstić information content (AvgIpc) is 2.55. The molecule has 0 saturated carbocycles. The van der Waals surface area contributed by atoms with Crippen LogP contribution >= 0.6 is 12.2 Å². The van der Waals surface area contributed by atoms with Crippen molar-refractivity contribution in [3.05, 3.63) is 65.2 Å². The van der Waals surface area contributed by atoms with E-state index in [2.05, 4.69) is 15.8 Å². The molecular weight excluding hydrogens is 318 g/mol. The molecule has 0 aromatic heterocycles. The van der Waals surface area contributed by atoms with Gasteiger partial charge < -0.3 is 5.32 Å². The molecule has 2 rings (SSSR count). The van der Waals surface area contributed by atoms with Crippen molar-refractivity contribution in [2.75, 3.05) is 5.32 Å². The van der Waals surface area contributed by atoms with Crippen molar-refractivity contribution in [1.82, 2.24) is 5.43 Å². The van der Waals surface area contributed by atoms with Crippen LogP contribution in [0.15, 0.2) is 47.6 Å². The molecule has 0 bridgehead atoms. The van der Waals surface area contributed by atoms with Crippen LogP contribution in [0.1, 0.15) is 18.1 Å². The van der Waals surface area contributed by atoms with E-state index in [1.807, 2.05) is 6.07 Å². The Morgan fingerprint density at radius 3 is 2.48 bits per heavy atom. The molecule has 4 nitrogen and oxygen atoms in total. The molecule has 0 amide bonds. The first kappa shape index (κ1) is 16.5. The van der Waals surface area contributed by atoms with E-state index in [0.717, 1.165) is 17.7 Å². The minimum Gasteiger partial charge on any atom is -0.329 e. The van der Waals surface area contributed by atoms with Crippen LogP contribution in [0.25, 0.3) is 0 Å². The molecule has 0 heterocycles. The Balaban J connectivity index is 2.00. The number of nitrogens with one attached hydrogen (secondary N) is 2. The lowest BCUT2D eigenvalue weighted by atomic mass is 10.1.